The summed E-state index contributed by atoms with van der Waals surface area (Å²) < 4.78 is 0. The molecule has 0 aliphatic heterocycles. The third-order valence-corrected chi connectivity index (χ3v) is 3.37. The Labute approximate surface area is 106 Å². The Bertz CT molecular complexity index is 485. The molecule has 1 aromatic carbocycles. The molecule has 18 heavy (non-hydrogen) atoms. The lowest BCUT2D eigenvalue weighted by molar-refractivity contribution is 0.0449. The van der Waals surface area contributed by atoms with Gasteiger partial charge in [0.05, 0.1) is 17.2 Å². The zero-order valence-corrected chi connectivity index (χ0v) is 10.1. The van der Waals surface area contributed by atoms with E-state index in [2.05, 4.69) is 5.32 Å². The summed E-state index contributed by atoms with van der Waals surface area (Å²) in [5.41, 5.74) is 0.167. The predicted octanol–water partition coefficient (Wildman–Crippen LogP) is 1.59. The van der Waals surface area contributed by atoms with Crippen LogP contribution in [0.5, 0.6) is 0 Å². The number of nitrogens with zero attached hydrogens (tertiary/aromatic N) is 1. The van der Waals surface area contributed by atoms with Crippen molar-refractivity contribution in [2.24, 2.45) is 0 Å². The lowest BCUT2D eigenvalue weighted by Gasteiger charge is -2.22. The highest BCUT2D eigenvalue weighted by atomic mass is 16.3. The minimum atomic E-state index is -0.748. The summed E-state index contributed by atoms with van der Waals surface area (Å²) in [6, 6.07) is 8.54. The first-order valence-electron chi connectivity index (χ1n) is 6.14. The van der Waals surface area contributed by atoms with E-state index < -0.39 is 5.60 Å². The lowest BCUT2D eigenvalue weighted by atomic mass is 10.0. The van der Waals surface area contributed by atoms with Crippen LogP contribution in [0.15, 0.2) is 24.3 Å². The number of nitriles is 1. The van der Waals surface area contributed by atoms with Gasteiger partial charge >= 0.3 is 0 Å². The molecule has 0 heterocycles. The van der Waals surface area contributed by atoms with E-state index in [4.69, 9.17) is 5.26 Å². The summed E-state index contributed by atoms with van der Waals surface area (Å²) in [5, 5.41) is 21.6. The number of benzene rings is 1. The SMILES string of the molecule is N#Cc1cccc(C(=O)NCC2(O)CCCC2)c1. The van der Waals surface area contributed by atoms with Crippen LogP contribution >= 0.6 is 0 Å². The molecule has 1 amide bonds. The van der Waals surface area contributed by atoms with Crippen LogP contribution in [-0.4, -0.2) is 23.2 Å². The maximum atomic E-state index is 11.9. The number of carbonyl (C=O) groups is 1. The second kappa shape index (κ2) is 5.19. The monoisotopic (exact) mass is 244 g/mol. The smallest absolute Gasteiger partial charge is 0.251 e. The Morgan fingerprint density at radius 2 is 2.17 bits per heavy atom. The van der Waals surface area contributed by atoms with Gasteiger partial charge in [0.25, 0.3) is 5.91 Å². The van der Waals surface area contributed by atoms with Crippen molar-refractivity contribution in [2.75, 3.05) is 6.54 Å². The first-order valence-corrected chi connectivity index (χ1v) is 6.14. The van der Waals surface area contributed by atoms with Gasteiger partial charge in [-0.1, -0.05) is 18.9 Å². The average molecular weight is 244 g/mol. The maximum Gasteiger partial charge on any atom is 0.251 e. The van der Waals surface area contributed by atoms with Crippen molar-refractivity contribution in [3.63, 3.8) is 0 Å². The van der Waals surface area contributed by atoms with Gasteiger partial charge in [-0.3, -0.25) is 4.79 Å². The van der Waals surface area contributed by atoms with E-state index in [0.717, 1.165) is 25.7 Å². The first-order chi connectivity index (χ1) is 8.63. The quantitative estimate of drug-likeness (QED) is 0.848. The molecule has 1 fully saturated rings. The molecular weight excluding hydrogens is 228 g/mol. The summed E-state index contributed by atoms with van der Waals surface area (Å²) in [6.45, 7) is 0.280. The number of carbonyl (C=O) groups excluding carboxylic acids is 1. The van der Waals surface area contributed by atoms with E-state index in [1.165, 1.54) is 0 Å². The molecule has 4 nitrogen and oxygen atoms in total. The van der Waals surface area contributed by atoms with Gasteiger partial charge in [-0.2, -0.15) is 5.26 Å². The normalized spacial score (nSPS) is 17.1. The topological polar surface area (TPSA) is 73.1 Å². The van der Waals surface area contributed by atoms with Gasteiger partial charge in [-0.15, -0.1) is 0 Å². The van der Waals surface area contributed by atoms with Crippen LogP contribution in [0.4, 0.5) is 0 Å². The van der Waals surface area contributed by atoms with Crippen molar-refractivity contribution >= 4 is 5.91 Å². The molecular formula is C14H16N2O2. The number of rotatable bonds is 3. The molecule has 0 atom stereocenters. The van der Waals surface area contributed by atoms with Gasteiger partial charge in [0.2, 0.25) is 0 Å². The third kappa shape index (κ3) is 2.88. The zero-order chi connectivity index (χ0) is 13.0. The Morgan fingerprint density at radius 1 is 1.44 bits per heavy atom. The van der Waals surface area contributed by atoms with Crippen molar-refractivity contribution in [1.82, 2.24) is 5.32 Å². The van der Waals surface area contributed by atoms with Crippen molar-refractivity contribution in [3.05, 3.63) is 35.4 Å². The standard InChI is InChI=1S/C14H16N2O2/c15-9-11-4-3-5-12(8-11)13(17)16-10-14(18)6-1-2-7-14/h3-5,8,18H,1-2,6-7,10H2,(H,16,17). The van der Waals surface area contributed by atoms with Crippen molar-refractivity contribution in [3.8, 4) is 6.07 Å². The van der Waals surface area contributed by atoms with Gasteiger partial charge in [0, 0.05) is 12.1 Å². The Hall–Kier alpha value is -1.86. The van der Waals surface area contributed by atoms with Gasteiger partial charge in [-0.25, -0.2) is 0 Å². The molecule has 2 N–H and O–H groups in total. The number of nitrogens with one attached hydrogen (secondary N) is 1. The van der Waals surface area contributed by atoms with Crippen molar-refractivity contribution in [2.45, 2.75) is 31.3 Å². The summed E-state index contributed by atoms with van der Waals surface area (Å²) in [6.07, 6.45) is 3.50. The molecule has 1 aliphatic carbocycles. The average Bonchev–Trinajstić information content (AvgIpc) is 2.83. The highest BCUT2D eigenvalue weighted by Gasteiger charge is 2.31. The molecule has 0 spiro atoms. The first kappa shape index (κ1) is 12.6. The van der Waals surface area contributed by atoms with Crippen LogP contribution in [0, 0.1) is 11.3 Å². The summed E-state index contributed by atoms with van der Waals surface area (Å²) >= 11 is 0. The largest absolute Gasteiger partial charge is 0.388 e. The van der Waals surface area contributed by atoms with Gasteiger partial charge in [0.15, 0.2) is 0 Å². The summed E-state index contributed by atoms with van der Waals surface area (Å²) in [4.78, 5) is 11.9. The zero-order valence-electron chi connectivity index (χ0n) is 10.1. The Balaban J connectivity index is 1.97. The molecule has 0 aromatic heterocycles. The van der Waals surface area contributed by atoms with Crippen molar-refractivity contribution in [1.29, 1.82) is 5.26 Å². The van der Waals surface area contributed by atoms with Crippen LogP contribution in [-0.2, 0) is 0 Å². The lowest BCUT2D eigenvalue weighted by Crippen LogP contribution is -2.40. The van der Waals surface area contributed by atoms with Crippen LogP contribution < -0.4 is 5.32 Å². The fourth-order valence-corrected chi connectivity index (χ4v) is 2.29. The highest BCUT2D eigenvalue weighted by Crippen LogP contribution is 2.28. The summed E-state index contributed by atoms with van der Waals surface area (Å²) in [7, 11) is 0. The molecule has 0 bridgehead atoms. The van der Waals surface area contributed by atoms with E-state index in [1.54, 1.807) is 24.3 Å². The van der Waals surface area contributed by atoms with Crippen LogP contribution in [0.1, 0.15) is 41.6 Å². The van der Waals surface area contributed by atoms with E-state index >= 15 is 0 Å². The van der Waals surface area contributed by atoms with Gasteiger partial charge < -0.3 is 10.4 Å². The minimum absolute atomic E-state index is 0.243. The maximum absolute atomic E-state index is 11.9. The molecule has 1 aliphatic rings. The predicted molar refractivity (Wildman–Crippen MR) is 66.9 cm³/mol. The third-order valence-electron chi connectivity index (χ3n) is 3.37. The minimum Gasteiger partial charge on any atom is -0.388 e. The number of hydrogen-bond donors (Lipinski definition) is 2. The molecule has 1 aromatic rings. The van der Waals surface area contributed by atoms with E-state index in [1.807, 2.05) is 6.07 Å². The second-order valence-corrected chi connectivity index (χ2v) is 4.81. The molecule has 0 unspecified atom stereocenters. The molecule has 0 saturated heterocycles. The second-order valence-electron chi connectivity index (χ2n) is 4.81. The molecule has 2 rings (SSSR count). The van der Waals surface area contributed by atoms with Crippen molar-refractivity contribution < 1.29 is 9.90 Å². The Morgan fingerprint density at radius 3 is 2.83 bits per heavy atom. The molecule has 4 heteroatoms. The number of hydrogen-bond acceptors (Lipinski definition) is 3. The van der Waals surface area contributed by atoms with Crippen LogP contribution in [0.2, 0.25) is 0 Å². The highest BCUT2D eigenvalue weighted by molar-refractivity contribution is 5.94. The van der Waals surface area contributed by atoms with E-state index in [-0.39, 0.29) is 12.5 Å². The molecule has 0 radical (unpaired) electrons. The van der Waals surface area contributed by atoms with Gasteiger partial charge in [-0.05, 0) is 31.0 Å². The molecule has 94 valence electrons. The fraction of sp³-hybridized carbons (Fsp3) is 0.429. The van der Waals surface area contributed by atoms with Crippen LogP contribution in [0.3, 0.4) is 0 Å². The summed E-state index contributed by atoms with van der Waals surface area (Å²) in [5.74, 6) is -0.243. The molecule has 1 saturated carbocycles. The number of aliphatic hydroxyl groups is 1. The fourth-order valence-electron chi connectivity index (χ4n) is 2.29. The Kier molecular flexibility index (Phi) is 3.63. The van der Waals surface area contributed by atoms with Gasteiger partial charge in [0.1, 0.15) is 0 Å². The van der Waals surface area contributed by atoms with E-state index in [9.17, 15) is 9.90 Å². The van der Waals surface area contributed by atoms with Crippen LogP contribution in [0.25, 0.3) is 0 Å². The number of amides is 1. The van der Waals surface area contributed by atoms with E-state index in [0.29, 0.717) is 11.1 Å².